The van der Waals surface area contributed by atoms with Gasteiger partial charge in [-0.2, -0.15) is 0 Å². The molecule has 63 heavy (non-hydrogen) atoms. The molecule has 2 atom stereocenters. The fourth-order valence-electron chi connectivity index (χ4n) is 7.19. The molecular weight excluding hydrogens is 817 g/mol. The van der Waals surface area contributed by atoms with E-state index >= 15 is 0 Å². The summed E-state index contributed by atoms with van der Waals surface area (Å²) in [7, 11) is 1.48. The number of phenolic OH excluding ortho intramolecular Hbond substituents is 2. The number of hydrogen-bond acceptors (Lipinski definition) is 14. The van der Waals surface area contributed by atoms with Crippen LogP contribution in [0.1, 0.15) is 73.1 Å². The minimum atomic E-state index is -1.18. The second kappa shape index (κ2) is 18.6. The van der Waals surface area contributed by atoms with Crippen LogP contribution < -0.4 is 25.4 Å². The first-order chi connectivity index (χ1) is 30.2. The van der Waals surface area contributed by atoms with Gasteiger partial charge >= 0.3 is 12.2 Å². The molecular formula is C44H46N8O11. The quantitative estimate of drug-likeness (QED) is 0.0613. The molecule has 0 radical (unpaired) electrons. The molecule has 2 aliphatic heterocycles. The summed E-state index contributed by atoms with van der Waals surface area (Å²) >= 11 is 0. The van der Waals surface area contributed by atoms with Crippen molar-refractivity contribution < 1.29 is 53.5 Å². The van der Waals surface area contributed by atoms with Gasteiger partial charge in [0.2, 0.25) is 11.8 Å². The number of phenols is 2. The zero-order chi connectivity index (χ0) is 44.9. The highest BCUT2D eigenvalue weighted by molar-refractivity contribution is 6.06. The maximum Gasteiger partial charge on any atom is 0.415 e. The number of ether oxygens (including phenoxy) is 3. The lowest BCUT2D eigenvalue weighted by atomic mass is 9.98. The van der Waals surface area contributed by atoms with E-state index in [2.05, 4.69) is 26.1 Å². The number of aliphatic hydroxyl groups is 1. The molecule has 6 N–H and O–H groups in total. The molecule has 0 spiro atoms. The third-order valence-electron chi connectivity index (χ3n) is 10.5. The Morgan fingerprint density at radius 3 is 2.32 bits per heavy atom. The average Bonchev–Trinajstić information content (AvgIpc) is 3.84. The Morgan fingerprint density at radius 2 is 1.63 bits per heavy atom. The maximum atomic E-state index is 13.1. The second-order valence-corrected chi connectivity index (χ2v) is 15.1. The summed E-state index contributed by atoms with van der Waals surface area (Å²) in [5.41, 5.74) is 2.66. The van der Waals surface area contributed by atoms with Crippen LogP contribution in [0.5, 0.6) is 28.7 Å². The molecule has 5 aromatic rings. The van der Waals surface area contributed by atoms with E-state index in [9.17, 15) is 39.3 Å². The number of nitrogens with zero attached hydrogens (tertiary/aromatic N) is 5. The van der Waals surface area contributed by atoms with Crippen LogP contribution in [0, 0.1) is 0 Å². The second-order valence-electron chi connectivity index (χ2n) is 15.1. The van der Waals surface area contributed by atoms with E-state index in [0.717, 1.165) is 0 Å². The number of amides is 5. The molecule has 2 unspecified atom stereocenters. The van der Waals surface area contributed by atoms with Crippen LogP contribution in [0.4, 0.5) is 15.3 Å². The number of nitrogens with one attached hydrogen (secondary N) is 3. The number of anilines is 1. The first-order valence-electron chi connectivity index (χ1n) is 20.2. The normalized spacial score (nSPS) is 15.2. The van der Waals surface area contributed by atoms with Crippen molar-refractivity contribution in [1.82, 2.24) is 35.2 Å². The molecule has 0 aliphatic carbocycles. The molecule has 7 rings (SSSR count). The number of fused-ring (bicyclic) bond motifs is 1. The number of piperidine rings is 1. The summed E-state index contributed by atoms with van der Waals surface area (Å²) in [5, 5.41) is 48.5. The number of carbonyl (C=O) groups excluding carboxylic acids is 5. The number of carbonyl (C=O) groups is 5. The molecule has 19 nitrogen and oxygen atoms in total. The van der Waals surface area contributed by atoms with Gasteiger partial charge in [-0.3, -0.25) is 34.9 Å². The SMILES string of the molecule is CCNC(O)c1nnc(-c2cc(C(C)C)c(O)cc2O)n1-c1ccc(Oc2ccc(OC(=O)N(C)CCOC(=O)Nc3cccc4c3CN(C3CCC(=O)NC3=O)C4=O)cc2)cc1. The third kappa shape index (κ3) is 9.53. The van der Waals surface area contributed by atoms with Crippen molar-refractivity contribution >= 4 is 35.6 Å². The molecule has 328 valence electrons. The van der Waals surface area contributed by atoms with Crippen molar-refractivity contribution in [3.63, 3.8) is 0 Å². The number of hydrogen-bond donors (Lipinski definition) is 6. The largest absolute Gasteiger partial charge is 0.508 e. The zero-order valence-electron chi connectivity index (χ0n) is 34.8. The lowest BCUT2D eigenvalue weighted by Gasteiger charge is -2.29. The molecule has 4 aromatic carbocycles. The predicted octanol–water partition coefficient (Wildman–Crippen LogP) is 5.30. The van der Waals surface area contributed by atoms with Crippen LogP contribution in [0.3, 0.4) is 0 Å². The molecule has 19 heteroatoms. The number of rotatable bonds is 14. The molecule has 0 saturated carbocycles. The number of aromatic hydroxyl groups is 2. The van der Waals surface area contributed by atoms with Crippen LogP contribution in [0.15, 0.2) is 78.9 Å². The summed E-state index contributed by atoms with van der Waals surface area (Å²) in [6.07, 6.45) is -2.37. The minimum absolute atomic E-state index is 0.000596. The van der Waals surface area contributed by atoms with Crippen molar-refractivity contribution in [2.24, 2.45) is 0 Å². The number of imide groups is 1. The first-order valence-corrected chi connectivity index (χ1v) is 20.2. The highest BCUT2D eigenvalue weighted by Crippen LogP contribution is 2.39. The molecule has 1 fully saturated rings. The Morgan fingerprint density at radius 1 is 0.937 bits per heavy atom. The summed E-state index contributed by atoms with van der Waals surface area (Å²) in [4.78, 5) is 65.2. The standard InChI is InChI=1S/C44H46N8O11/c1-5-45-41(57)39-49-48-38(31-21-30(24(2)3)35(53)22-36(31)54)52(39)25-9-11-26(12-10-25)62-27-13-15-28(16-14-27)63-44(60)50(4)19-20-61-43(59)46-33-8-6-7-29-32(33)23-51(42(29)58)34-17-18-37(55)47-40(34)56/h6-16,21-22,24,34,41,45,53-54,57H,5,17-20,23H2,1-4H3,(H,46,59)(H,47,55,56). The van der Waals surface area contributed by atoms with Gasteiger partial charge in [0.1, 0.15) is 41.4 Å². The van der Waals surface area contributed by atoms with E-state index in [1.165, 1.54) is 22.9 Å². The Hall–Kier alpha value is -7.51. The summed E-state index contributed by atoms with van der Waals surface area (Å²) in [6, 6.07) is 20.1. The van der Waals surface area contributed by atoms with Gasteiger partial charge in [-0.1, -0.05) is 26.8 Å². The molecule has 1 saturated heterocycles. The highest BCUT2D eigenvalue weighted by Gasteiger charge is 2.40. The van der Waals surface area contributed by atoms with Crippen molar-refractivity contribution in [2.75, 3.05) is 32.1 Å². The number of likely N-dealkylation sites (N-methyl/N-ethyl adjacent to an activating group) is 1. The fraction of sp³-hybridized carbons (Fsp3) is 0.295. The molecule has 0 bridgehead atoms. The maximum absolute atomic E-state index is 13.1. The Kier molecular flexibility index (Phi) is 12.9. The van der Waals surface area contributed by atoms with Crippen molar-refractivity contribution in [2.45, 2.75) is 58.3 Å². The molecule has 2 aliphatic rings. The smallest absolute Gasteiger partial charge is 0.415 e. The highest BCUT2D eigenvalue weighted by atomic mass is 16.6. The van der Waals surface area contributed by atoms with Gasteiger partial charge in [0.05, 0.1) is 12.1 Å². The van der Waals surface area contributed by atoms with Crippen molar-refractivity contribution in [3.8, 4) is 45.8 Å². The van der Waals surface area contributed by atoms with Crippen molar-refractivity contribution in [1.29, 1.82) is 0 Å². The topological polar surface area (TPSA) is 247 Å². The van der Waals surface area contributed by atoms with E-state index < -0.39 is 30.4 Å². The summed E-state index contributed by atoms with van der Waals surface area (Å²) in [6.45, 7) is 6.01. The molecule has 1 aromatic heterocycles. The van der Waals surface area contributed by atoms with Gasteiger partial charge in [-0.05, 0) is 91.2 Å². The van der Waals surface area contributed by atoms with Gasteiger partial charge in [0.25, 0.3) is 5.91 Å². The lowest BCUT2D eigenvalue weighted by molar-refractivity contribution is -0.136. The third-order valence-corrected chi connectivity index (χ3v) is 10.5. The van der Waals surface area contributed by atoms with Crippen LogP contribution >= 0.6 is 0 Å². The van der Waals surface area contributed by atoms with E-state index in [1.54, 1.807) is 77.4 Å². The van der Waals surface area contributed by atoms with Crippen LogP contribution in [-0.2, 0) is 20.9 Å². The molecule has 3 heterocycles. The van der Waals surface area contributed by atoms with Crippen molar-refractivity contribution in [3.05, 3.63) is 101 Å². The van der Waals surface area contributed by atoms with Gasteiger partial charge in [-0.15, -0.1) is 10.2 Å². The van der Waals surface area contributed by atoms with Gasteiger partial charge in [0.15, 0.2) is 17.9 Å². The average molecular weight is 863 g/mol. The Labute approximate surface area is 361 Å². The van der Waals surface area contributed by atoms with E-state index in [-0.39, 0.29) is 79.2 Å². The fourth-order valence-corrected chi connectivity index (χ4v) is 7.19. The monoisotopic (exact) mass is 862 g/mol. The zero-order valence-corrected chi connectivity index (χ0v) is 34.8. The van der Waals surface area contributed by atoms with E-state index in [1.807, 2.05) is 20.8 Å². The van der Waals surface area contributed by atoms with Crippen LogP contribution in [0.25, 0.3) is 17.1 Å². The predicted molar refractivity (Wildman–Crippen MR) is 225 cm³/mol. The Bertz CT molecular complexity index is 2540. The number of benzene rings is 4. The molecule has 5 amide bonds. The Balaban J connectivity index is 0.919. The summed E-state index contributed by atoms with van der Waals surface area (Å²) < 4.78 is 18.4. The van der Waals surface area contributed by atoms with Gasteiger partial charge in [-0.25, -0.2) is 9.59 Å². The van der Waals surface area contributed by atoms with Crippen LogP contribution in [0.2, 0.25) is 0 Å². The summed E-state index contributed by atoms with van der Waals surface area (Å²) in [5.74, 6) is -0.0424. The van der Waals surface area contributed by atoms with Crippen LogP contribution in [-0.4, -0.2) is 103 Å². The lowest BCUT2D eigenvalue weighted by Crippen LogP contribution is -2.52. The van der Waals surface area contributed by atoms with E-state index in [4.69, 9.17) is 14.2 Å². The van der Waals surface area contributed by atoms with E-state index in [0.29, 0.717) is 51.7 Å². The van der Waals surface area contributed by atoms with Gasteiger partial charge < -0.3 is 39.3 Å². The number of aliphatic hydroxyl groups excluding tert-OH is 1. The van der Waals surface area contributed by atoms with Gasteiger partial charge in [0, 0.05) is 48.6 Å². The number of aromatic nitrogens is 3. The first kappa shape index (κ1) is 43.6. The minimum Gasteiger partial charge on any atom is -0.508 e.